The topological polar surface area (TPSA) is 76.8 Å². The van der Waals surface area contributed by atoms with Gasteiger partial charge in [-0.2, -0.15) is 5.10 Å². The quantitative estimate of drug-likeness (QED) is 0.615. The molecule has 20 heavy (non-hydrogen) atoms. The molecule has 0 aliphatic rings. The van der Waals surface area contributed by atoms with E-state index in [2.05, 4.69) is 10.1 Å². The van der Waals surface area contributed by atoms with E-state index >= 15 is 0 Å². The smallest absolute Gasteiger partial charge is 0.286 e. The highest BCUT2D eigenvalue weighted by molar-refractivity contribution is 7.71. The minimum Gasteiger partial charge on any atom is -0.493 e. The summed E-state index contributed by atoms with van der Waals surface area (Å²) in [5.74, 6) is 0.0226. The van der Waals surface area contributed by atoms with Crippen molar-refractivity contribution in [3.8, 4) is 5.88 Å². The van der Waals surface area contributed by atoms with Crippen LogP contribution in [0.25, 0.3) is 15.7 Å². The second kappa shape index (κ2) is 4.25. The fourth-order valence-electron chi connectivity index (χ4n) is 2.07. The fourth-order valence-corrected chi connectivity index (χ4v) is 3.38. The van der Waals surface area contributed by atoms with Gasteiger partial charge in [-0.15, -0.1) is 11.3 Å². The lowest BCUT2D eigenvalue weighted by atomic mass is 10.4. The van der Waals surface area contributed by atoms with E-state index < -0.39 is 0 Å². The molecule has 9 heteroatoms. The predicted octanol–water partition coefficient (Wildman–Crippen LogP) is 0.552. The Bertz CT molecular complexity index is 1040. The lowest BCUT2D eigenvalue weighted by Crippen LogP contribution is -2.20. The Labute approximate surface area is 121 Å². The van der Waals surface area contributed by atoms with Gasteiger partial charge >= 0.3 is 0 Å². The van der Waals surface area contributed by atoms with Crippen LogP contribution < -0.4 is 10.2 Å². The van der Waals surface area contributed by atoms with Crippen LogP contribution >= 0.6 is 23.6 Å². The molecule has 0 spiro atoms. The van der Waals surface area contributed by atoms with Crippen molar-refractivity contribution < 1.29 is 5.11 Å². The molecule has 3 aromatic heterocycles. The number of aromatic nitrogens is 4. The van der Waals surface area contributed by atoms with Crippen LogP contribution in [-0.4, -0.2) is 30.9 Å². The molecule has 3 rings (SSSR count). The van der Waals surface area contributed by atoms with Crippen molar-refractivity contribution >= 4 is 39.3 Å². The van der Waals surface area contributed by atoms with Crippen molar-refractivity contribution in [2.45, 2.75) is 0 Å². The Morgan fingerprint density at radius 3 is 2.80 bits per heavy atom. The molecule has 3 aromatic rings. The lowest BCUT2D eigenvalue weighted by molar-refractivity contribution is 0.436. The summed E-state index contributed by atoms with van der Waals surface area (Å²) in [7, 11) is 4.86. The number of hydrogen-bond donors (Lipinski definition) is 1. The van der Waals surface area contributed by atoms with Crippen molar-refractivity contribution in [1.82, 2.24) is 18.7 Å². The molecule has 7 nitrogen and oxygen atoms in total. The molecule has 0 aromatic carbocycles. The van der Waals surface area contributed by atoms with Crippen LogP contribution in [0.2, 0.25) is 0 Å². The molecule has 3 heterocycles. The van der Waals surface area contributed by atoms with E-state index in [9.17, 15) is 9.90 Å². The van der Waals surface area contributed by atoms with E-state index in [-0.39, 0.29) is 11.4 Å². The Kier molecular flexibility index (Phi) is 2.76. The molecule has 0 unspecified atom stereocenters. The normalized spacial score (nSPS) is 12.7. The number of fused-ring (bicyclic) bond motifs is 3. The zero-order chi connectivity index (χ0) is 14.6. The molecule has 0 radical (unpaired) electrons. The maximum Gasteiger partial charge on any atom is 0.286 e. The van der Waals surface area contributed by atoms with Crippen molar-refractivity contribution in [1.29, 1.82) is 0 Å². The van der Waals surface area contributed by atoms with Crippen molar-refractivity contribution in [3.05, 3.63) is 26.0 Å². The van der Waals surface area contributed by atoms with E-state index in [1.807, 2.05) is 0 Å². The number of rotatable bonds is 0. The van der Waals surface area contributed by atoms with E-state index in [4.69, 9.17) is 12.2 Å². The highest BCUT2D eigenvalue weighted by Gasteiger charge is 2.16. The van der Waals surface area contributed by atoms with Crippen molar-refractivity contribution in [3.63, 3.8) is 0 Å². The van der Waals surface area contributed by atoms with Gasteiger partial charge in [0.05, 0.1) is 11.7 Å². The molecule has 0 atom stereocenters. The van der Waals surface area contributed by atoms with Gasteiger partial charge in [0.2, 0.25) is 5.88 Å². The van der Waals surface area contributed by atoms with Gasteiger partial charge in [0.25, 0.3) is 5.56 Å². The third-order valence-corrected chi connectivity index (χ3v) is 4.76. The second-order valence-corrected chi connectivity index (χ2v) is 5.63. The summed E-state index contributed by atoms with van der Waals surface area (Å²) in [6.07, 6.45) is 1.56. The molecule has 0 amide bonds. The SMILES string of the molecule is CN=c1sc2c(=O)n(C)ncc2n2c(=S)n(C)c(O)c12. The number of nitrogens with zero attached hydrogens (tertiary/aromatic N) is 5. The molecule has 0 saturated heterocycles. The minimum absolute atomic E-state index is 0.0226. The first-order chi connectivity index (χ1) is 9.47. The molecule has 0 fully saturated rings. The Balaban J connectivity index is 2.83. The first-order valence-electron chi connectivity index (χ1n) is 5.69. The van der Waals surface area contributed by atoms with E-state index in [1.165, 1.54) is 20.6 Å². The third kappa shape index (κ3) is 1.50. The number of aryl methyl sites for hydroxylation is 1. The molecule has 0 aliphatic carbocycles. The van der Waals surface area contributed by atoms with Crippen LogP contribution in [0.5, 0.6) is 5.88 Å². The van der Waals surface area contributed by atoms with Gasteiger partial charge in [0.1, 0.15) is 14.9 Å². The summed E-state index contributed by atoms with van der Waals surface area (Å²) in [6, 6.07) is 0. The zero-order valence-corrected chi connectivity index (χ0v) is 12.6. The average molecular weight is 309 g/mol. The summed E-state index contributed by atoms with van der Waals surface area (Å²) < 4.78 is 5.80. The monoisotopic (exact) mass is 309 g/mol. The van der Waals surface area contributed by atoms with Gasteiger partial charge in [-0.1, -0.05) is 0 Å². The van der Waals surface area contributed by atoms with E-state index in [1.54, 1.807) is 31.7 Å². The van der Waals surface area contributed by atoms with Gasteiger partial charge in [-0.05, 0) is 12.2 Å². The second-order valence-electron chi connectivity index (χ2n) is 4.27. The summed E-state index contributed by atoms with van der Waals surface area (Å²) in [4.78, 5) is 16.3. The number of aromatic hydroxyl groups is 1. The Morgan fingerprint density at radius 2 is 2.15 bits per heavy atom. The standard InChI is InChI=1S/C11H11N5O2S2/c1-12-8-6-9(17)14(2)11(19)16(6)5-4-13-15(3)10(18)7(5)20-8/h4,17H,1-3H3. The number of hydrogen-bond acceptors (Lipinski definition) is 6. The summed E-state index contributed by atoms with van der Waals surface area (Å²) in [5.41, 5.74) is 0.846. The van der Waals surface area contributed by atoms with Crippen LogP contribution in [0.1, 0.15) is 0 Å². The molecular weight excluding hydrogens is 298 g/mol. The average Bonchev–Trinajstić information content (AvgIpc) is 2.67. The molecule has 0 saturated carbocycles. The summed E-state index contributed by atoms with van der Waals surface area (Å²) in [5, 5.41) is 14.2. The first-order valence-corrected chi connectivity index (χ1v) is 6.92. The Morgan fingerprint density at radius 1 is 1.45 bits per heavy atom. The molecular formula is C11H11N5O2S2. The molecule has 1 N–H and O–H groups in total. The maximum absolute atomic E-state index is 12.2. The third-order valence-electron chi connectivity index (χ3n) is 3.15. The van der Waals surface area contributed by atoms with Gasteiger partial charge in [0.15, 0.2) is 4.77 Å². The highest BCUT2D eigenvalue weighted by Crippen LogP contribution is 2.23. The summed E-state index contributed by atoms with van der Waals surface area (Å²) in [6.45, 7) is 0. The molecule has 104 valence electrons. The Hall–Kier alpha value is -2.00. The van der Waals surface area contributed by atoms with Crippen LogP contribution in [0.3, 0.4) is 0 Å². The minimum atomic E-state index is -0.218. The highest BCUT2D eigenvalue weighted by atomic mass is 32.1. The van der Waals surface area contributed by atoms with Crippen molar-refractivity contribution in [2.75, 3.05) is 7.05 Å². The molecule has 0 bridgehead atoms. The maximum atomic E-state index is 12.2. The van der Waals surface area contributed by atoms with Gasteiger partial charge in [-0.25, -0.2) is 4.68 Å². The number of imidazole rings is 1. The van der Waals surface area contributed by atoms with Crippen LogP contribution in [0.15, 0.2) is 16.0 Å². The van der Waals surface area contributed by atoms with E-state index in [0.717, 1.165) is 0 Å². The zero-order valence-electron chi connectivity index (χ0n) is 11.0. The van der Waals surface area contributed by atoms with Crippen LogP contribution in [0.4, 0.5) is 0 Å². The van der Waals surface area contributed by atoms with E-state index in [0.29, 0.717) is 25.2 Å². The van der Waals surface area contributed by atoms with Gasteiger partial charge in [0, 0.05) is 21.1 Å². The van der Waals surface area contributed by atoms with Crippen molar-refractivity contribution in [2.24, 2.45) is 19.1 Å². The van der Waals surface area contributed by atoms with Crippen LogP contribution in [0, 0.1) is 4.77 Å². The van der Waals surface area contributed by atoms with Crippen LogP contribution in [-0.2, 0) is 14.1 Å². The lowest BCUT2D eigenvalue weighted by Gasteiger charge is -2.03. The summed E-state index contributed by atoms with van der Waals surface area (Å²) >= 11 is 6.53. The fraction of sp³-hybridized carbons (Fsp3) is 0.273. The van der Waals surface area contributed by atoms with Gasteiger partial charge < -0.3 is 5.11 Å². The first kappa shape index (κ1) is 13.0. The predicted molar refractivity (Wildman–Crippen MR) is 78.8 cm³/mol. The largest absolute Gasteiger partial charge is 0.493 e. The molecule has 0 aliphatic heterocycles. The van der Waals surface area contributed by atoms with Gasteiger partial charge in [-0.3, -0.25) is 18.8 Å².